The molecule has 1 N–H and O–H groups in total. The first kappa shape index (κ1) is 25.4. The van der Waals surface area contributed by atoms with Crippen molar-refractivity contribution in [2.45, 2.75) is 60.5 Å². The van der Waals surface area contributed by atoms with Crippen molar-refractivity contribution in [1.82, 2.24) is 15.3 Å². The zero-order chi connectivity index (χ0) is 24.1. The molecule has 2 heterocycles. The zero-order valence-corrected chi connectivity index (χ0v) is 20.6. The highest BCUT2D eigenvalue weighted by molar-refractivity contribution is 5.68. The summed E-state index contributed by atoms with van der Waals surface area (Å²) in [6.07, 6.45) is 6.30. The van der Waals surface area contributed by atoms with Crippen molar-refractivity contribution in [2.75, 3.05) is 13.7 Å². The molecule has 2 rings (SSSR count). The van der Waals surface area contributed by atoms with E-state index in [9.17, 15) is 4.39 Å². The lowest BCUT2D eigenvalue weighted by Crippen LogP contribution is -2.30. The Morgan fingerprint density at radius 3 is 2.38 bits per heavy atom. The fourth-order valence-electron chi connectivity index (χ4n) is 3.13. The summed E-state index contributed by atoms with van der Waals surface area (Å²) in [5.74, 6) is 0.989. The van der Waals surface area contributed by atoms with Crippen LogP contribution in [0.1, 0.15) is 59.2 Å². The Kier molecular flexibility index (Phi) is 8.05. The third-order valence-corrected chi connectivity index (χ3v) is 4.88. The molecule has 0 aromatic carbocycles. The van der Waals surface area contributed by atoms with Crippen LogP contribution in [-0.4, -0.2) is 29.2 Å². The van der Waals surface area contributed by atoms with Gasteiger partial charge in [-0.05, 0) is 65.7 Å². The van der Waals surface area contributed by atoms with Gasteiger partial charge in [0.25, 0.3) is 0 Å². The minimum atomic E-state index is -0.433. The second-order valence-corrected chi connectivity index (χ2v) is 9.48. The van der Waals surface area contributed by atoms with E-state index in [4.69, 9.17) is 9.47 Å². The summed E-state index contributed by atoms with van der Waals surface area (Å²) in [5.41, 5.74) is 2.40. The van der Waals surface area contributed by atoms with Crippen molar-refractivity contribution in [2.24, 2.45) is 5.41 Å². The minimum absolute atomic E-state index is 0.206. The number of pyridine rings is 2. The number of ether oxygens (including phenoxy) is 2. The normalized spacial score (nSPS) is 12.5. The van der Waals surface area contributed by atoms with Gasteiger partial charge >= 0.3 is 0 Å². The predicted octanol–water partition coefficient (Wildman–Crippen LogP) is 6.30. The number of hydrogen-bond donors (Lipinski definition) is 1. The number of allylic oxidation sites excluding steroid dienone is 1. The van der Waals surface area contributed by atoms with Crippen LogP contribution in [0.3, 0.4) is 0 Å². The van der Waals surface area contributed by atoms with Gasteiger partial charge < -0.3 is 14.8 Å². The van der Waals surface area contributed by atoms with Crippen molar-refractivity contribution >= 4 is 5.70 Å². The lowest BCUT2D eigenvalue weighted by molar-refractivity contribution is 0.00546. The molecule has 174 valence electrons. The summed E-state index contributed by atoms with van der Waals surface area (Å²) < 4.78 is 26.7. The van der Waals surface area contributed by atoms with Crippen molar-refractivity contribution in [3.63, 3.8) is 0 Å². The molecule has 0 saturated carbocycles. The summed E-state index contributed by atoms with van der Waals surface area (Å²) >= 11 is 0. The quantitative estimate of drug-likeness (QED) is 0.463. The van der Waals surface area contributed by atoms with Crippen LogP contribution in [0.4, 0.5) is 4.39 Å². The Balaban J connectivity index is 2.19. The van der Waals surface area contributed by atoms with Gasteiger partial charge in [-0.25, -0.2) is 9.37 Å². The Morgan fingerprint density at radius 1 is 1.16 bits per heavy atom. The largest absolute Gasteiger partial charge is 0.492 e. The molecule has 6 heteroatoms. The van der Waals surface area contributed by atoms with Crippen LogP contribution in [-0.2, 0) is 4.74 Å². The van der Waals surface area contributed by atoms with E-state index in [1.807, 2.05) is 33.8 Å². The number of aryl methyl sites for hydroxylation is 1. The first-order valence-electron chi connectivity index (χ1n) is 10.9. The Labute approximate surface area is 191 Å². The third-order valence-electron chi connectivity index (χ3n) is 4.88. The van der Waals surface area contributed by atoms with E-state index in [-0.39, 0.29) is 16.7 Å². The van der Waals surface area contributed by atoms with Gasteiger partial charge in [-0.1, -0.05) is 13.5 Å². The van der Waals surface area contributed by atoms with E-state index in [1.54, 1.807) is 19.4 Å². The SMILES string of the molecule is C=C(NC)c1ncc(-c2cnc(OCC(C)(C)/C(=C/CC)OC(C)(C)C)cc2C)cc1F. The van der Waals surface area contributed by atoms with E-state index >= 15 is 0 Å². The van der Waals surface area contributed by atoms with E-state index in [0.29, 0.717) is 23.7 Å². The molecule has 0 aliphatic rings. The fourth-order valence-corrected chi connectivity index (χ4v) is 3.13. The Bertz CT molecular complexity index is 991. The van der Waals surface area contributed by atoms with Gasteiger partial charge in [0.2, 0.25) is 5.88 Å². The molecule has 0 atom stereocenters. The van der Waals surface area contributed by atoms with Crippen molar-refractivity contribution in [1.29, 1.82) is 0 Å². The fraction of sp³-hybridized carbons (Fsp3) is 0.462. The molecule has 0 fully saturated rings. The van der Waals surface area contributed by atoms with Crippen molar-refractivity contribution in [3.8, 4) is 17.0 Å². The zero-order valence-electron chi connectivity index (χ0n) is 20.6. The molecule has 0 spiro atoms. The summed E-state index contributed by atoms with van der Waals surface area (Å²) in [4.78, 5) is 8.65. The first-order valence-corrected chi connectivity index (χ1v) is 10.9. The molecule has 5 nitrogen and oxygen atoms in total. The van der Waals surface area contributed by atoms with Crippen LogP contribution in [0.2, 0.25) is 0 Å². The number of hydrogen-bond acceptors (Lipinski definition) is 5. The molecule has 0 aliphatic carbocycles. The van der Waals surface area contributed by atoms with Crippen molar-refractivity contribution < 1.29 is 13.9 Å². The molecular weight excluding hydrogens is 405 g/mol. The predicted molar refractivity (Wildman–Crippen MR) is 129 cm³/mol. The van der Waals surface area contributed by atoms with Crippen LogP contribution < -0.4 is 10.1 Å². The molecule has 32 heavy (non-hydrogen) atoms. The number of nitrogens with one attached hydrogen (secondary N) is 1. The minimum Gasteiger partial charge on any atom is -0.492 e. The molecule has 0 unspecified atom stereocenters. The first-order chi connectivity index (χ1) is 14.9. The average molecular weight is 442 g/mol. The molecule has 0 aliphatic heterocycles. The van der Waals surface area contributed by atoms with Gasteiger partial charge in [0.15, 0.2) is 5.82 Å². The number of halogens is 1. The summed E-state index contributed by atoms with van der Waals surface area (Å²) in [6.45, 7) is 18.5. The van der Waals surface area contributed by atoms with Crippen LogP contribution in [0, 0.1) is 18.2 Å². The van der Waals surface area contributed by atoms with Crippen LogP contribution in [0.25, 0.3) is 16.8 Å². The monoisotopic (exact) mass is 441 g/mol. The maximum absolute atomic E-state index is 14.5. The smallest absolute Gasteiger partial charge is 0.213 e. The molecule has 0 radical (unpaired) electrons. The van der Waals surface area contributed by atoms with Gasteiger partial charge in [-0.2, -0.15) is 0 Å². The summed E-state index contributed by atoms with van der Waals surface area (Å²) in [6, 6.07) is 3.31. The topological polar surface area (TPSA) is 56.3 Å². The third kappa shape index (κ3) is 6.55. The van der Waals surface area contributed by atoms with Gasteiger partial charge in [0.05, 0.1) is 11.1 Å². The van der Waals surface area contributed by atoms with Gasteiger partial charge in [0.1, 0.15) is 23.7 Å². The second kappa shape index (κ2) is 10.2. The lowest BCUT2D eigenvalue weighted by Gasteiger charge is -2.33. The van der Waals surface area contributed by atoms with Crippen LogP contribution in [0.5, 0.6) is 5.88 Å². The number of nitrogens with zero attached hydrogens (tertiary/aromatic N) is 2. The molecule has 0 bridgehead atoms. The Hall–Kier alpha value is -2.89. The highest BCUT2D eigenvalue weighted by Gasteiger charge is 2.29. The summed E-state index contributed by atoms with van der Waals surface area (Å²) in [7, 11) is 1.68. The molecule has 2 aromatic heterocycles. The average Bonchev–Trinajstić information content (AvgIpc) is 2.70. The highest BCUT2D eigenvalue weighted by atomic mass is 19.1. The number of rotatable bonds is 9. The standard InChI is InChI=1S/C26H36FN3O2/c1-10-11-22(32-25(4,5)6)26(7,8)16-31-23-12-17(2)20(15-29-23)19-13-21(27)24(30-14-19)18(3)28-9/h11-15,28H,3,10,16H2,1-2,4-9H3/b22-11-. The maximum Gasteiger partial charge on any atom is 0.213 e. The second-order valence-electron chi connectivity index (χ2n) is 9.48. The van der Waals surface area contributed by atoms with Crippen molar-refractivity contribution in [3.05, 3.63) is 60.0 Å². The van der Waals surface area contributed by atoms with E-state index in [0.717, 1.165) is 23.3 Å². The van der Waals surface area contributed by atoms with E-state index in [1.165, 1.54) is 6.07 Å². The molecule has 2 aromatic rings. The van der Waals surface area contributed by atoms with Gasteiger partial charge in [-0.3, -0.25) is 4.98 Å². The van der Waals surface area contributed by atoms with Crippen LogP contribution >= 0.6 is 0 Å². The Morgan fingerprint density at radius 2 is 1.84 bits per heavy atom. The van der Waals surface area contributed by atoms with Crippen LogP contribution in [0.15, 0.2) is 42.9 Å². The van der Waals surface area contributed by atoms with E-state index < -0.39 is 5.82 Å². The summed E-state index contributed by atoms with van der Waals surface area (Å²) in [5, 5.41) is 2.82. The van der Waals surface area contributed by atoms with E-state index in [2.05, 4.69) is 48.7 Å². The molecule has 0 saturated heterocycles. The molecular formula is C26H36FN3O2. The molecule has 0 amide bonds. The highest BCUT2D eigenvalue weighted by Crippen LogP contribution is 2.33. The maximum atomic E-state index is 14.5. The number of aromatic nitrogens is 2. The van der Waals surface area contributed by atoms with Gasteiger partial charge in [-0.15, -0.1) is 0 Å². The lowest BCUT2D eigenvalue weighted by atomic mass is 9.90. The van der Waals surface area contributed by atoms with Gasteiger partial charge in [0, 0.05) is 36.6 Å².